The van der Waals surface area contributed by atoms with E-state index in [0.717, 1.165) is 24.5 Å². The molecule has 0 radical (unpaired) electrons. The van der Waals surface area contributed by atoms with E-state index in [1.165, 1.54) is 5.56 Å². The molecule has 0 saturated heterocycles. The van der Waals surface area contributed by atoms with Gasteiger partial charge in [-0.15, -0.1) is 0 Å². The second-order valence-corrected chi connectivity index (χ2v) is 5.12. The zero-order valence-corrected chi connectivity index (χ0v) is 13.0. The third-order valence-corrected chi connectivity index (χ3v) is 3.75. The van der Waals surface area contributed by atoms with Gasteiger partial charge in [0.2, 0.25) is 0 Å². The first-order valence-electron chi connectivity index (χ1n) is 7.22. The minimum Gasteiger partial charge on any atom is -0.497 e. The molecule has 2 aromatic rings. The normalized spacial score (nSPS) is 12.6. The Kier molecular flexibility index (Phi) is 5.36. The monoisotopic (exact) mass is 288 g/mol. The number of nitrogens with zero attached hydrogens (tertiary/aromatic N) is 3. The molecule has 1 atom stereocenters. The molecule has 5 nitrogen and oxygen atoms in total. The van der Waals surface area contributed by atoms with Crippen molar-refractivity contribution in [3.05, 3.63) is 48.0 Å². The number of ether oxygens (including phenoxy) is 1. The number of likely N-dealkylation sites (N-methyl/N-ethyl adjacent to an activating group) is 1. The summed E-state index contributed by atoms with van der Waals surface area (Å²) in [5, 5.41) is 0. The number of imidazole rings is 1. The van der Waals surface area contributed by atoms with E-state index in [-0.39, 0.29) is 6.04 Å². The fourth-order valence-electron chi connectivity index (χ4n) is 2.57. The smallest absolute Gasteiger partial charge is 0.119 e. The Hall–Kier alpha value is -1.85. The van der Waals surface area contributed by atoms with Crippen LogP contribution in [0.25, 0.3) is 0 Å². The molecular formula is C16H24N4O. The lowest BCUT2D eigenvalue weighted by molar-refractivity contribution is 0.232. The first-order valence-corrected chi connectivity index (χ1v) is 7.22. The van der Waals surface area contributed by atoms with Gasteiger partial charge in [0.05, 0.1) is 25.2 Å². The average Bonchev–Trinajstić information content (AvgIpc) is 2.96. The number of aromatic nitrogens is 2. The summed E-state index contributed by atoms with van der Waals surface area (Å²) in [7, 11) is 3.77. The van der Waals surface area contributed by atoms with Gasteiger partial charge in [0, 0.05) is 25.8 Å². The fourth-order valence-corrected chi connectivity index (χ4v) is 2.57. The summed E-state index contributed by atoms with van der Waals surface area (Å²) in [5.41, 5.74) is 8.35. The number of nitrogens with two attached hydrogens (primary N) is 1. The van der Waals surface area contributed by atoms with Crippen molar-refractivity contribution in [2.24, 2.45) is 5.73 Å². The van der Waals surface area contributed by atoms with E-state index in [0.29, 0.717) is 6.54 Å². The van der Waals surface area contributed by atoms with Crippen LogP contribution in [-0.2, 0) is 13.1 Å². The number of rotatable bonds is 7. The van der Waals surface area contributed by atoms with Gasteiger partial charge in [0.1, 0.15) is 5.75 Å². The summed E-state index contributed by atoms with van der Waals surface area (Å²) < 4.78 is 7.41. The third-order valence-electron chi connectivity index (χ3n) is 3.75. The second-order valence-electron chi connectivity index (χ2n) is 5.12. The maximum atomic E-state index is 5.99. The quantitative estimate of drug-likeness (QED) is 0.847. The molecule has 21 heavy (non-hydrogen) atoms. The minimum absolute atomic E-state index is 0.152. The van der Waals surface area contributed by atoms with Gasteiger partial charge in [0.25, 0.3) is 0 Å². The van der Waals surface area contributed by atoms with E-state index < -0.39 is 0 Å². The van der Waals surface area contributed by atoms with Crippen molar-refractivity contribution in [1.29, 1.82) is 0 Å². The van der Waals surface area contributed by atoms with Crippen LogP contribution >= 0.6 is 0 Å². The number of hydrogen-bond donors (Lipinski definition) is 1. The van der Waals surface area contributed by atoms with Crippen molar-refractivity contribution >= 4 is 0 Å². The Balaban J connectivity index is 2.14. The fraction of sp³-hybridized carbons (Fsp3) is 0.438. The predicted molar refractivity (Wildman–Crippen MR) is 84.2 cm³/mol. The number of aryl methyl sites for hydroxylation is 1. The Morgan fingerprint density at radius 2 is 2.24 bits per heavy atom. The maximum absolute atomic E-state index is 5.99. The summed E-state index contributed by atoms with van der Waals surface area (Å²) in [6.07, 6.45) is 3.76. The molecule has 2 N–H and O–H groups in total. The van der Waals surface area contributed by atoms with Crippen molar-refractivity contribution in [3.63, 3.8) is 0 Å². The van der Waals surface area contributed by atoms with Crippen LogP contribution in [0.2, 0.25) is 0 Å². The van der Waals surface area contributed by atoms with Crippen LogP contribution in [0.4, 0.5) is 0 Å². The molecule has 0 fully saturated rings. The topological polar surface area (TPSA) is 56.3 Å². The van der Waals surface area contributed by atoms with Crippen molar-refractivity contribution < 1.29 is 4.74 Å². The molecule has 1 aromatic heterocycles. The van der Waals surface area contributed by atoms with Gasteiger partial charge >= 0.3 is 0 Å². The van der Waals surface area contributed by atoms with Crippen LogP contribution in [-0.4, -0.2) is 35.2 Å². The van der Waals surface area contributed by atoms with Gasteiger partial charge in [-0.3, -0.25) is 4.90 Å². The zero-order chi connectivity index (χ0) is 15.2. The second kappa shape index (κ2) is 7.24. The van der Waals surface area contributed by atoms with E-state index >= 15 is 0 Å². The van der Waals surface area contributed by atoms with Crippen molar-refractivity contribution in [1.82, 2.24) is 14.5 Å². The van der Waals surface area contributed by atoms with Crippen LogP contribution in [0.15, 0.2) is 36.8 Å². The number of hydrogen-bond acceptors (Lipinski definition) is 4. The molecule has 0 aliphatic carbocycles. The van der Waals surface area contributed by atoms with E-state index in [1.54, 1.807) is 7.11 Å². The van der Waals surface area contributed by atoms with Crippen molar-refractivity contribution in [2.75, 3.05) is 20.7 Å². The van der Waals surface area contributed by atoms with Crippen LogP contribution in [0, 0.1) is 0 Å². The number of benzene rings is 1. The van der Waals surface area contributed by atoms with E-state index in [4.69, 9.17) is 10.5 Å². The summed E-state index contributed by atoms with van der Waals surface area (Å²) in [5.74, 6) is 0.879. The lowest BCUT2D eigenvalue weighted by Crippen LogP contribution is -2.31. The Morgan fingerprint density at radius 1 is 1.43 bits per heavy atom. The number of methoxy groups -OCH3 is 1. The SMILES string of the molecule is CCn1cncc1C(CN)N(C)Cc1cccc(OC)c1. The summed E-state index contributed by atoms with van der Waals surface area (Å²) in [6, 6.07) is 8.27. The Bertz CT molecular complexity index is 567. The van der Waals surface area contributed by atoms with E-state index in [9.17, 15) is 0 Å². The Labute approximate surface area is 126 Å². The summed E-state index contributed by atoms with van der Waals surface area (Å²) >= 11 is 0. The highest BCUT2D eigenvalue weighted by Gasteiger charge is 2.19. The van der Waals surface area contributed by atoms with Crippen molar-refractivity contribution in [3.8, 4) is 5.75 Å². The first-order chi connectivity index (χ1) is 10.2. The molecule has 5 heteroatoms. The van der Waals surface area contributed by atoms with Crippen molar-refractivity contribution in [2.45, 2.75) is 26.1 Å². The highest BCUT2D eigenvalue weighted by atomic mass is 16.5. The highest BCUT2D eigenvalue weighted by molar-refractivity contribution is 5.28. The summed E-state index contributed by atoms with van der Waals surface area (Å²) in [6.45, 7) is 4.39. The van der Waals surface area contributed by atoms with Crippen LogP contribution in [0.3, 0.4) is 0 Å². The molecular weight excluding hydrogens is 264 g/mol. The standard InChI is InChI=1S/C16H24N4O/c1-4-20-12-18-10-16(20)15(9-17)19(2)11-13-6-5-7-14(8-13)21-3/h5-8,10,12,15H,4,9,11,17H2,1-3H3. The Morgan fingerprint density at radius 3 is 2.90 bits per heavy atom. The van der Waals surface area contributed by atoms with Gasteiger partial charge in [0.15, 0.2) is 0 Å². The molecule has 114 valence electrons. The highest BCUT2D eigenvalue weighted by Crippen LogP contribution is 2.21. The molecule has 0 bridgehead atoms. The molecule has 0 aliphatic heterocycles. The van der Waals surface area contributed by atoms with Gasteiger partial charge in [-0.1, -0.05) is 12.1 Å². The largest absolute Gasteiger partial charge is 0.497 e. The molecule has 0 aliphatic rings. The molecule has 0 saturated carbocycles. The zero-order valence-electron chi connectivity index (χ0n) is 13.0. The lowest BCUT2D eigenvalue weighted by atomic mass is 10.1. The van der Waals surface area contributed by atoms with Gasteiger partial charge < -0.3 is 15.0 Å². The molecule has 0 spiro atoms. The van der Waals surface area contributed by atoms with Gasteiger partial charge in [-0.2, -0.15) is 0 Å². The van der Waals surface area contributed by atoms with Gasteiger partial charge in [-0.25, -0.2) is 4.98 Å². The van der Waals surface area contributed by atoms with Gasteiger partial charge in [-0.05, 0) is 31.7 Å². The molecule has 2 rings (SSSR count). The van der Waals surface area contributed by atoms with Crippen LogP contribution < -0.4 is 10.5 Å². The van der Waals surface area contributed by atoms with Crippen LogP contribution in [0.5, 0.6) is 5.75 Å². The molecule has 0 amide bonds. The van der Waals surface area contributed by atoms with Crippen LogP contribution in [0.1, 0.15) is 24.2 Å². The van der Waals surface area contributed by atoms with E-state index in [1.807, 2.05) is 24.7 Å². The molecule has 1 heterocycles. The first kappa shape index (κ1) is 15.5. The molecule has 1 aromatic carbocycles. The third kappa shape index (κ3) is 3.62. The minimum atomic E-state index is 0.152. The summed E-state index contributed by atoms with van der Waals surface area (Å²) in [4.78, 5) is 6.49. The average molecular weight is 288 g/mol. The van der Waals surface area contributed by atoms with E-state index in [2.05, 4.69) is 40.6 Å². The predicted octanol–water partition coefficient (Wildman–Crippen LogP) is 2.04. The lowest BCUT2D eigenvalue weighted by Gasteiger charge is -2.27. The maximum Gasteiger partial charge on any atom is 0.119 e. The molecule has 1 unspecified atom stereocenters.